The number of thiophene rings is 1. The van der Waals surface area contributed by atoms with Crippen LogP contribution in [-0.4, -0.2) is 48.1 Å². The zero-order valence-corrected chi connectivity index (χ0v) is 19.1. The standard InChI is InChI=1S/C23H27FN6OS/c1-12-9-13(2)27-23-19(12)20(25)21(32-23)22(31)28-14-3-4-17-15(10-14)16(24)11-18(29-17)30-7-5-26-6-8-30/h9,11,14,26H,3-8,10,25H2,1-2H3,(H,28,31). The third-order valence-electron chi connectivity index (χ3n) is 6.33. The van der Waals surface area contributed by atoms with E-state index in [9.17, 15) is 9.18 Å². The van der Waals surface area contributed by atoms with Crippen LogP contribution in [0, 0.1) is 19.7 Å². The Morgan fingerprint density at radius 1 is 1.28 bits per heavy atom. The molecule has 4 N–H and O–H groups in total. The molecule has 168 valence electrons. The number of nitrogen functional groups attached to an aromatic ring is 1. The van der Waals surface area contributed by atoms with Gasteiger partial charge in [0.2, 0.25) is 0 Å². The van der Waals surface area contributed by atoms with Crippen LogP contribution in [0.25, 0.3) is 10.2 Å². The molecule has 3 aromatic heterocycles. The predicted octanol–water partition coefficient (Wildman–Crippen LogP) is 2.73. The number of carbonyl (C=O) groups excluding carboxylic acids is 1. The number of anilines is 2. The van der Waals surface area contributed by atoms with E-state index in [4.69, 9.17) is 10.7 Å². The van der Waals surface area contributed by atoms with Crippen LogP contribution in [0.5, 0.6) is 0 Å². The van der Waals surface area contributed by atoms with E-state index in [0.29, 0.717) is 34.8 Å². The fourth-order valence-corrected chi connectivity index (χ4v) is 5.85. The number of hydrogen-bond donors (Lipinski definition) is 3. The smallest absolute Gasteiger partial charge is 0.263 e. The summed E-state index contributed by atoms with van der Waals surface area (Å²) in [6.45, 7) is 7.32. The molecule has 1 saturated heterocycles. The molecule has 7 nitrogen and oxygen atoms in total. The molecule has 1 unspecified atom stereocenters. The molecular formula is C23H27FN6OS. The molecule has 1 atom stereocenters. The number of pyridine rings is 2. The lowest BCUT2D eigenvalue weighted by molar-refractivity contribution is 0.0938. The Labute approximate surface area is 190 Å². The number of aryl methyl sites for hydroxylation is 3. The third-order valence-corrected chi connectivity index (χ3v) is 7.43. The van der Waals surface area contributed by atoms with Crippen molar-refractivity contribution in [3.8, 4) is 0 Å². The molecule has 1 aliphatic heterocycles. The number of nitrogens with one attached hydrogen (secondary N) is 2. The monoisotopic (exact) mass is 454 g/mol. The Kier molecular flexibility index (Phi) is 5.46. The second kappa shape index (κ2) is 8.29. The van der Waals surface area contributed by atoms with E-state index in [-0.39, 0.29) is 17.8 Å². The lowest BCUT2D eigenvalue weighted by Crippen LogP contribution is -2.44. The highest BCUT2D eigenvalue weighted by Gasteiger charge is 2.28. The van der Waals surface area contributed by atoms with Gasteiger partial charge in [-0.15, -0.1) is 11.3 Å². The van der Waals surface area contributed by atoms with E-state index < -0.39 is 0 Å². The average Bonchev–Trinajstić information content (AvgIpc) is 3.11. The van der Waals surface area contributed by atoms with Crippen LogP contribution in [0.3, 0.4) is 0 Å². The quantitative estimate of drug-likeness (QED) is 0.563. The van der Waals surface area contributed by atoms with Crippen LogP contribution >= 0.6 is 11.3 Å². The molecule has 0 aromatic carbocycles. The Bertz CT molecular complexity index is 1200. The molecule has 4 heterocycles. The highest BCUT2D eigenvalue weighted by molar-refractivity contribution is 7.21. The van der Waals surface area contributed by atoms with Gasteiger partial charge in [-0.1, -0.05) is 0 Å². The molecule has 9 heteroatoms. The lowest BCUT2D eigenvalue weighted by atomic mass is 9.91. The largest absolute Gasteiger partial charge is 0.397 e. The van der Waals surface area contributed by atoms with E-state index in [1.165, 1.54) is 17.4 Å². The third kappa shape index (κ3) is 3.80. The van der Waals surface area contributed by atoms with E-state index in [1.807, 2.05) is 19.9 Å². The van der Waals surface area contributed by atoms with Crippen LogP contribution in [0.15, 0.2) is 12.1 Å². The number of nitrogens with zero attached hydrogens (tertiary/aromatic N) is 3. The van der Waals surface area contributed by atoms with Crippen molar-refractivity contribution in [2.75, 3.05) is 36.8 Å². The maximum atomic E-state index is 15.0. The summed E-state index contributed by atoms with van der Waals surface area (Å²) in [7, 11) is 0. The minimum Gasteiger partial charge on any atom is -0.397 e. The van der Waals surface area contributed by atoms with Gasteiger partial charge in [-0.25, -0.2) is 14.4 Å². The van der Waals surface area contributed by atoms with Gasteiger partial charge in [0.05, 0.1) is 5.69 Å². The normalized spacial score (nSPS) is 18.6. The minimum atomic E-state index is -0.237. The summed E-state index contributed by atoms with van der Waals surface area (Å²) in [6.07, 6.45) is 1.79. The molecule has 32 heavy (non-hydrogen) atoms. The summed E-state index contributed by atoms with van der Waals surface area (Å²) in [6, 6.07) is 3.35. The number of nitrogens with two attached hydrogens (primary N) is 1. The van der Waals surface area contributed by atoms with Gasteiger partial charge in [-0.2, -0.15) is 0 Å². The second-order valence-corrected chi connectivity index (χ2v) is 9.64. The van der Waals surface area contributed by atoms with Crippen molar-refractivity contribution in [3.05, 3.63) is 45.3 Å². The van der Waals surface area contributed by atoms with Crippen molar-refractivity contribution in [1.29, 1.82) is 0 Å². The first-order valence-corrected chi connectivity index (χ1v) is 11.8. The summed E-state index contributed by atoms with van der Waals surface area (Å²) in [5.41, 5.74) is 10.1. The maximum absolute atomic E-state index is 15.0. The van der Waals surface area contributed by atoms with Gasteiger partial charge in [-0.05, 0) is 44.7 Å². The van der Waals surface area contributed by atoms with E-state index in [1.54, 1.807) is 0 Å². The maximum Gasteiger partial charge on any atom is 0.263 e. The van der Waals surface area contributed by atoms with Gasteiger partial charge < -0.3 is 21.3 Å². The Morgan fingerprint density at radius 2 is 2.06 bits per heavy atom. The summed E-state index contributed by atoms with van der Waals surface area (Å²) < 4.78 is 15.0. The predicted molar refractivity (Wildman–Crippen MR) is 126 cm³/mol. The summed E-state index contributed by atoms with van der Waals surface area (Å²) >= 11 is 1.31. The van der Waals surface area contributed by atoms with Gasteiger partial charge in [0.15, 0.2) is 0 Å². The van der Waals surface area contributed by atoms with E-state index in [0.717, 1.165) is 59.8 Å². The molecule has 0 saturated carbocycles. The Morgan fingerprint density at radius 3 is 2.84 bits per heavy atom. The SMILES string of the molecule is Cc1cc(C)c2c(N)c(C(=O)NC3CCc4nc(N5CCNCC5)cc(F)c4C3)sc2n1. The molecule has 0 radical (unpaired) electrons. The number of amides is 1. The van der Waals surface area contributed by atoms with Gasteiger partial charge in [-0.3, -0.25) is 4.79 Å². The van der Waals surface area contributed by atoms with Crippen LogP contribution in [0.1, 0.15) is 38.6 Å². The first-order chi connectivity index (χ1) is 15.4. The number of carbonyl (C=O) groups is 1. The number of rotatable bonds is 3. The van der Waals surface area contributed by atoms with Crippen LogP contribution in [0.2, 0.25) is 0 Å². The fraction of sp³-hybridized carbons (Fsp3) is 0.435. The molecule has 0 bridgehead atoms. The molecular weight excluding hydrogens is 427 g/mol. The zero-order valence-electron chi connectivity index (χ0n) is 18.3. The van der Waals surface area contributed by atoms with Crippen molar-refractivity contribution >= 4 is 39.0 Å². The summed E-state index contributed by atoms with van der Waals surface area (Å²) in [4.78, 5) is 25.7. The second-order valence-electron chi connectivity index (χ2n) is 8.64. The molecule has 5 rings (SSSR count). The van der Waals surface area contributed by atoms with Crippen LogP contribution in [0.4, 0.5) is 15.9 Å². The molecule has 1 fully saturated rings. The average molecular weight is 455 g/mol. The Hall–Kier alpha value is -2.78. The number of aromatic nitrogens is 2. The van der Waals surface area contributed by atoms with Crippen molar-refractivity contribution < 1.29 is 9.18 Å². The van der Waals surface area contributed by atoms with Crippen molar-refractivity contribution in [1.82, 2.24) is 20.6 Å². The van der Waals surface area contributed by atoms with Gasteiger partial charge in [0.25, 0.3) is 5.91 Å². The number of fused-ring (bicyclic) bond motifs is 2. The molecule has 3 aromatic rings. The van der Waals surface area contributed by atoms with Crippen molar-refractivity contribution in [3.63, 3.8) is 0 Å². The number of halogens is 1. The summed E-state index contributed by atoms with van der Waals surface area (Å²) in [5.74, 6) is 0.252. The molecule has 2 aliphatic rings. The molecule has 1 aliphatic carbocycles. The Balaban J connectivity index is 1.34. The number of hydrogen-bond acceptors (Lipinski definition) is 7. The topological polar surface area (TPSA) is 96.2 Å². The first-order valence-electron chi connectivity index (χ1n) is 11.0. The summed E-state index contributed by atoms with van der Waals surface area (Å²) in [5, 5.41) is 7.21. The van der Waals surface area contributed by atoms with E-state index in [2.05, 4.69) is 20.5 Å². The highest BCUT2D eigenvalue weighted by Crippen LogP contribution is 2.35. The van der Waals surface area contributed by atoms with Crippen LogP contribution in [-0.2, 0) is 12.8 Å². The molecule has 1 amide bonds. The van der Waals surface area contributed by atoms with Gasteiger partial charge in [0.1, 0.15) is 21.3 Å². The van der Waals surface area contributed by atoms with Crippen molar-refractivity contribution in [2.24, 2.45) is 0 Å². The van der Waals surface area contributed by atoms with E-state index >= 15 is 0 Å². The first kappa shape index (κ1) is 21.1. The number of piperazine rings is 1. The lowest BCUT2D eigenvalue weighted by Gasteiger charge is -2.31. The molecule has 0 spiro atoms. The highest BCUT2D eigenvalue weighted by atomic mass is 32.1. The van der Waals surface area contributed by atoms with Gasteiger partial charge in [0, 0.05) is 60.6 Å². The zero-order chi connectivity index (χ0) is 22.4. The van der Waals surface area contributed by atoms with Crippen LogP contribution < -0.4 is 21.3 Å². The fourth-order valence-electron chi connectivity index (χ4n) is 4.73. The van der Waals surface area contributed by atoms with Crippen molar-refractivity contribution in [2.45, 2.75) is 39.2 Å². The minimum absolute atomic E-state index is 0.156. The van der Waals surface area contributed by atoms with Gasteiger partial charge >= 0.3 is 0 Å².